The largest absolute Gasteiger partial charge is 0.466 e. The van der Waals surface area contributed by atoms with Gasteiger partial charge in [0.15, 0.2) is 0 Å². The molecule has 2 heterocycles. The molecule has 2 aliphatic rings. The Balaban J connectivity index is 1.62. The maximum absolute atomic E-state index is 11.8. The van der Waals surface area contributed by atoms with Crippen LogP contribution in [0.1, 0.15) is 37.6 Å². The van der Waals surface area contributed by atoms with Crippen LogP contribution >= 0.6 is 27.3 Å². The van der Waals surface area contributed by atoms with Crippen LogP contribution in [0.2, 0.25) is 0 Å². The van der Waals surface area contributed by atoms with E-state index in [0.717, 1.165) is 41.1 Å². The van der Waals surface area contributed by atoms with Crippen LogP contribution in [-0.2, 0) is 19.9 Å². The van der Waals surface area contributed by atoms with E-state index in [1.54, 1.807) is 11.3 Å². The average Bonchev–Trinajstić information content (AvgIpc) is 3.16. The zero-order chi connectivity index (χ0) is 14.2. The molecule has 1 saturated carbocycles. The molecule has 0 amide bonds. The van der Waals surface area contributed by atoms with Gasteiger partial charge in [0.05, 0.1) is 29.1 Å². The Hall–Kier alpha value is -0.460. The predicted octanol–water partition coefficient (Wildman–Crippen LogP) is 3.50. The lowest BCUT2D eigenvalue weighted by Crippen LogP contribution is -2.30. The van der Waals surface area contributed by atoms with E-state index in [-0.39, 0.29) is 17.5 Å². The molecule has 20 heavy (non-hydrogen) atoms. The molecule has 1 aromatic rings. The fourth-order valence-corrected chi connectivity index (χ4v) is 4.53. The summed E-state index contributed by atoms with van der Waals surface area (Å²) in [6.45, 7) is 3.09. The van der Waals surface area contributed by atoms with E-state index < -0.39 is 0 Å². The predicted molar refractivity (Wildman–Crippen MR) is 79.5 cm³/mol. The van der Waals surface area contributed by atoms with Gasteiger partial charge in [0.2, 0.25) is 0 Å². The van der Waals surface area contributed by atoms with Crippen molar-refractivity contribution >= 4 is 33.2 Å². The van der Waals surface area contributed by atoms with Gasteiger partial charge in [-0.3, -0.25) is 4.79 Å². The van der Waals surface area contributed by atoms with Gasteiger partial charge in [-0.15, -0.1) is 11.3 Å². The SMILES string of the molecule is CCOC(=O)[C@H]1CC[C@H](C2(c3ncc(Br)s3)CO2)CC1. The summed E-state index contributed by atoms with van der Waals surface area (Å²) in [5.74, 6) is 0.518. The highest BCUT2D eigenvalue weighted by Crippen LogP contribution is 2.52. The van der Waals surface area contributed by atoms with Crippen LogP contribution in [0, 0.1) is 11.8 Å². The third-order valence-electron chi connectivity index (χ3n) is 4.30. The smallest absolute Gasteiger partial charge is 0.308 e. The van der Waals surface area contributed by atoms with Crippen molar-refractivity contribution in [2.45, 2.75) is 38.2 Å². The molecule has 1 unspecified atom stereocenters. The van der Waals surface area contributed by atoms with Crippen molar-refractivity contribution in [1.82, 2.24) is 4.98 Å². The number of esters is 1. The van der Waals surface area contributed by atoms with Gasteiger partial charge in [-0.05, 0) is 54.5 Å². The molecule has 110 valence electrons. The first kappa shape index (κ1) is 14.5. The molecule has 1 saturated heterocycles. The van der Waals surface area contributed by atoms with Crippen molar-refractivity contribution in [3.63, 3.8) is 0 Å². The van der Waals surface area contributed by atoms with Crippen LogP contribution in [0.5, 0.6) is 0 Å². The Bertz CT molecular complexity index is 492. The van der Waals surface area contributed by atoms with Crippen molar-refractivity contribution in [3.8, 4) is 0 Å². The lowest BCUT2D eigenvalue weighted by atomic mass is 9.76. The van der Waals surface area contributed by atoms with E-state index in [0.29, 0.717) is 12.5 Å². The molecule has 4 nitrogen and oxygen atoms in total. The molecule has 1 aliphatic carbocycles. The van der Waals surface area contributed by atoms with Gasteiger partial charge in [0.1, 0.15) is 10.6 Å². The van der Waals surface area contributed by atoms with E-state index in [1.165, 1.54) is 0 Å². The Labute approximate surface area is 131 Å². The van der Waals surface area contributed by atoms with Gasteiger partial charge in [-0.1, -0.05) is 0 Å². The quantitative estimate of drug-likeness (QED) is 0.609. The standard InChI is InChI=1S/C14H18BrNO3S/c1-2-18-12(17)9-3-5-10(6-4-9)14(8-19-14)13-16-7-11(15)20-13/h7,9-10H,2-6,8H2,1H3/t9-,10-,14?. The summed E-state index contributed by atoms with van der Waals surface area (Å²) in [7, 11) is 0. The van der Waals surface area contributed by atoms with Crippen molar-refractivity contribution in [1.29, 1.82) is 0 Å². The van der Waals surface area contributed by atoms with E-state index in [2.05, 4.69) is 20.9 Å². The number of ether oxygens (including phenoxy) is 2. The second kappa shape index (κ2) is 5.73. The summed E-state index contributed by atoms with van der Waals surface area (Å²) in [6.07, 6.45) is 5.68. The van der Waals surface area contributed by atoms with Gasteiger partial charge in [0, 0.05) is 0 Å². The molecule has 0 spiro atoms. The minimum Gasteiger partial charge on any atom is -0.466 e. The maximum atomic E-state index is 11.8. The Morgan fingerprint density at radius 3 is 2.75 bits per heavy atom. The van der Waals surface area contributed by atoms with Crippen LogP contribution in [0.4, 0.5) is 0 Å². The van der Waals surface area contributed by atoms with Crippen molar-refractivity contribution in [2.24, 2.45) is 11.8 Å². The second-order valence-electron chi connectivity index (χ2n) is 5.45. The summed E-state index contributed by atoms with van der Waals surface area (Å²) in [6, 6.07) is 0. The van der Waals surface area contributed by atoms with E-state index >= 15 is 0 Å². The molecule has 2 fully saturated rings. The third-order valence-corrected chi connectivity index (χ3v) is 5.94. The number of carbonyl (C=O) groups is 1. The first-order valence-electron chi connectivity index (χ1n) is 7.08. The van der Waals surface area contributed by atoms with E-state index in [9.17, 15) is 4.79 Å². The number of carbonyl (C=O) groups excluding carboxylic acids is 1. The highest BCUT2D eigenvalue weighted by atomic mass is 79.9. The number of nitrogens with zero attached hydrogens (tertiary/aromatic N) is 1. The van der Waals surface area contributed by atoms with Crippen LogP contribution in [0.3, 0.4) is 0 Å². The fourth-order valence-electron chi connectivity index (χ4n) is 3.12. The minimum atomic E-state index is -0.170. The van der Waals surface area contributed by atoms with Crippen molar-refractivity contribution in [2.75, 3.05) is 13.2 Å². The molecule has 1 atom stereocenters. The van der Waals surface area contributed by atoms with Crippen LogP contribution in [0.25, 0.3) is 0 Å². The lowest BCUT2D eigenvalue weighted by Gasteiger charge is -2.30. The highest BCUT2D eigenvalue weighted by molar-refractivity contribution is 9.11. The maximum Gasteiger partial charge on any atom is 0.308 e. The summed E-state index contributed by atoms with van der Waals surface area (Å²) < 4.78 is 12.0. The summed E-state index contributed by atoms with van der Waals surface area (Å²) in [4.78, 5) is 16.2. The minimum absolute atomic E-state index is 0.0336. The molecule has 0 bridgehead atoms. The van der Waals surface area contributed by atoms with Gasteiger partial charge < -0.3 is 9.47 Å². The molecular formula is C14H18BrNO3S. The van der Waals surface area contributed by atoms with Crippen molar-refractivity contribution in [3.05, 3.63) is 15.0 Å². The molecule has 1 aromatic heterocycles. The Morgan fingerprint density at radius 1 is 1.55 bits per heavy atom. The van der Waals surface area contributed by atoms with Gasteiger partial charge in [-0.25, -0.2) is 4.98 Å². The molecule has 1 aliphatic heterocycles. The lowest BCUT2D eigenvalue weighted by molar-refractivity contribution is -0.149. The third kappa shape index (κ3) is 2.65. The number of halogens is 1. The normalized spacial score (nSPS) is 32.9. The monoisotopic (exact) mass is 359 g/mol. The molecular weight excluding hydrogens is 342 g/mol. The Morgan fingerprint density at radius 2 is 2.25 bits per heavy atom. The Kier molecular flexibility index (Phi) is 4.15. The number of hydrogen-bond donors (Lipinski definition) is 0. The number of rotatable bonds is 4. The second-order valence-corrected chi connectivity index (χ2v) is 7.86. The topological polar surface area (TPSA) is 51.7 Å². The first-order valence-corrected chi connectivity index (χ1v) is 8.69. The van der Waals surface area contributed by atoms with E-state index in [1.807, 2.05) is 13.1 Å². The number of hydrogen-bond acceptors (Lipinski definition) is 5. The zero-order valence-corrected chi connectivity index (χ0v) is 13.8. The van der Waals surface area contributed by atoms with Gasteiger partial charge in [-0.2, -0.15) is 0 Å². The molecule has 0 radical (unpaired) electrons. The molecule has 6 heteroatoms. The summed E-state index contributed by atoms with van der Waals surface area (Å²) >= 11 is 5.12. The van der Waals surface area contributed by atoms with Crippen molar-refractivity contribution < 1.29 is 14.3 Å². The molecule has 3 rings (SSSR count). The van der Waals surface area contributed by atoms with Gasteiger partial charge in [0.25, 0.3) is 0 Å². The first-order chi connectivity index (χ1) is 9.65. The summed E-state index contributed by atoms with van der Waals surface area (Å²) in [5.41, 5.74) is -0.170. The summed E-state index contributed by atoms with van der Waals surface area (Å²) in [5, 5.41) is 1.07. The number of thiazole rings is 1. The highest BCUT2D eigenvalue weighted by Gasteiger charge is 2.55. The molecule has 0 N–H and O–H groups in total. The van der Waals surface area contributed by atoms with Crippen LogP contribution in [0.15, 0.2) is 9.98 Å². The van der Waals surface area contributed by atoms with Gasteiger partial charge >= 0.3 is 5.97 Å². The van der Waals surface area contributed by atoms with Crippen LogP contribution in [-0.4, -0.2) is 24.2 Å². The zero-order valence-electron chi connectivity index (χ0n) is 11.4. The van der Waals surface area contributed by atoms with E-state index in [4.69, 9.17) is 9.47 Å². The fraction of sp³-hybridized carbons (Fsp3) is 0.714. The van der Waals surface area contributed by atoms with Crippen LogP contribution < -0.4 is 0 Å². The number of epoxide rings is 1. The number of aromatic nitrogens is 1. The average molecular weight is 360 g/mol. The molecule has 0 aromatic carbocycles.